The van der Waals surface area contributed by atoms with Crippen molar-refractivity contribution < 1.29 is 4.74 Å². The van der Waals surface area contributed by atoms with Crippen molar-refractivity contribution in [1.29, 1.82) is 0 Å². The Balaban J connectivity index is 1.29. The van der Waals surface area contributed by atoms with Crippen LogP contribution in [-0.2, 0) is 37.4 Å². The van der Waals surface area contributed by atoms with Crippen molar-refractivity contribution in [2.24, 2.45) is 5.92 Å². The van der Waals surface area contributed by atoms with Crippen LogP contribution in [0.4, 0.5) is 0 Å². The second-order valence-electron chi connectivity index (χ2n) is 9.90. The quantitative estimate of drug-likeness (QED) is 0.672. The summed E-state index contributed by atoms with van der Waals surface area (Å²) in [5.74, 6) is 1.03. The Bertz CT molecular complexity index is 1070. The van der Waals surface area contributed by atoms with Crippen LogP contribution in [-0.4, -0.2) is 37.9 Å². The zero-order chi connectivity index (χ0) is 22.1. The largest absolute Gasteiger partial charge is 0.364 e. The number of hydrogen-bond acceptors (Lipinski definition) is 5. The molecule has 1 saturated carbocycles. The lowest BCUT2D eigenvalue weighted by molar-refractivity contribution is -0.0860. The van der Waals surface area contributed by atoms with Gasteiger partial charge in [0.2, 0.25) is 0 Å². The standard InChI is InChI=1S/C25H34N4O3/c1-2-19-8-10-21(11-9-19)14-27-13-12-25(17-27)18-28-22(16-32-25)26-29(24(31)23(28)30)15-20-6-4-3-5-7-20/h8-11,20H,2-7,12-18H2,1H3. The van der Waals surface area contributed by atoms with Gasteiger partial charge in [0.05, 0.1) is 6.54 Å². The Morgan fingerprint density at radius 3 is 2.53 bits per heavy atom. The number of hydrogen-bond donors (Lipinski definition) is 0. The van der Waals surface area contributed by atoms with Crippen LogP contribution in [0.25, 0.3) is 0 Å². The van der Waals surface area contributed by atoms with Crippen LogP contribution in [0.3, 0.4) is 0 Å². The van der Waals surface area contributed by atoms with Gasteiger partial charge in [-0.15, -0.1) is 0 Å². The summed E-state index contributed by atoms with van der Waals surface area (Å²) in [7, 11) is 0. The number of fused-ring (bicyclic) bond motifs is 1. The normalized spacial score (nSPS) is 24.2. The Hall–Kier alpha value is -2.25. The number of nitrogens with zero attached hydrogens (tertiary/aromatic N) is 4. The van der Waals surface area contributed by atoms with Crippen molar-refractivity contribution in [3.63, 3.8) is 0 Å². The molecular formula is C25H34N4O3. The minimum atomic E-state index is -0.484. The number of rotatable bonds is 5. The highest BCUT2D eigenvalue weighted by atomic mass is 16.5. The molecule has 2 fully saturated rings. The average Bonchev–Trinajstić information content (AvgIpc) is 3.21. The van der Waals surface area contributed by atoms with Gasteiger partial charge in [-0.05, 0) is 42.7 Å². The molecule has 1 aliphatic carbocycles. The van der Waals surface area contributed by atoms with Crippen LogP contribution in [0.1, 0.15) is 62.4 Å². The fraction of sp³-hybridized carbons (Fsp3) is 0.640. The summed E-state index contributed by atoms with van der Waals surface area (Å²) in [5, 5.41) is 4.55. The second-order valence-corrected chi connectivity index (χ2v) is 9.90. The second kappa shape index (κ2) is 8.94. The summed E-state index contributed by atoms with van der Waals surface area (Å²) in [4.78, 5) is 28.1. The minimum Gasteiger partial charge on any atom is -0.364 e. The van der Waals surface area contributed by atoms with E-state index in [0.29, 0.717) is 31.4 Å². The summed E-state index contributed by atoms with van der Waals surface area (Å²) in [6.07, 6.45) is 7.81. The lowest BCUT2D eigenvalue weighted by Gasteiger charge is -2.35. The molecule has 1 aromatic carbocycles. The fourth-order valence-corrected chi connectivity index (χ4v) is 5.59. The lowest BCUT2D eigenvalue weighted by atomic mass is 9.89. The van der Waals surface area contributed by atoms with Gasteiger partial charge in [0.15, 0.2) is 5.82 Å². The number of aromatic nitrogens is 3. The van der Waals surface area contributed by atoms with Crippen LogP contribution >= 0.6 is 0 Å². The molecule has 0 N–H and O–H groups in total. The maximum atomic E-state index is 13.0. The van der Waals surface area contributed by atoms with Crippen molar-refractivity contribution in [3.05, 3.63) is 61.9 Å². The van der Waals surface area contributed by atoms with E-state index < -0.39 is 16.7 Å². The predicted molar refractivity (Wildman–Crippen MR) is 123 cm³/mol. The van der Waals surface area contributed by atoms with Crippen LogP contribution in [0, 0.1) is 5.92 Å². The van der Waals surface area contributed by atoms with E-state index in [1.54, 1.807) is 4.57 Å². The molecule has 2 aliphatic heterocycles. The van der Waals surface area contributed by atoms with Crippen LogP contribution < -0.4 is 11.1 Å². The molecule has 32 heavy (non-hydrogen) atoms. The molecule has 5 rings (SSSR count). The zero-order valence-corrected chi connectivity index (χ0v) is 19.1. The first-order valence-electron chi connectivity index (χ1n) is 12.2. The maximum Gasteiger partial charge on any atom is 0.332 e. The van der Waals surface area contributed by atoms with Gasteiger partial charge in [-0.3, -0.25) is 19.1 Å². The van der Waals surface area contributed by atoms with Crippen molar-refractivity contribution in [2.45, 2.75) is 83.7 Å². The Kier molecular flexibility index (Phi) is 6.03. The van der Waals surface area contributed by atoms with Crippen molar-refractivity contribution >= 4 is 0 Å². The maximum absolute atomic E-state index is 13.0. The van der Waals surface area contributed by atoms with E-state index in [2.05, 4.69) is 41.2 Å². The molecule has 0 bridgehead atoms. The van der Waals surface area contributed by atoms with E-state index in [1.165, 1.54) is 35.1 Å². The predicted octanol–water partition coefficient (Wildman–Crippen LogP) is 2.72. The molecule has 1 saturated heterocycles. The monoisotopic (exact) mass is 438 g/mol. The molecule has 3 heterocycles. The highest BCUT2D eigenvalue weighted by molar-refractivity contribution is 5.22. The molecule has 3 aliphatic rings. The molecule has 7 heteroatoms. The summed E-state index contributed by atoms with van der Waals surface area (Å²) in [6, 6.07) is 8.78. The summed E-state index contributed by atoms with van der Waals surface area (Å²) in [5.41, 5.74) is 1.30. The molecule has 1 unspecified atom stereocenters. The molecule has 0 radical (unpaired) electrons. The van der Waals surface area contributed by atoms with Gasteiger partial charge >= 0.3 is 11.1 Å². The molecule has 7 nitrogen and oxygen atoms in total. The Labute approximate surface area is 189 Å². The first kappa shape index (κ1) is 21.6. The lowest BCUT2D eigenvalue weighted by Crippen LogP contribution is -2.53. The third-order valence-electron chi connectivity index (χ3n) is 7.55. The summed E-state index contributed by atoms with van der Waals surface area (Å²) < 4.78 is 9.31. The first-order chi connectivity index (χ1) is 15.5. The van der Waals surface area contributed by atoms with Gasteiger partial charge in [-0.25, -0.2) is 4.68 Å². The average molecular weight is 439 g/mol. The number of ether oxygens (including phenoxy) is 1. The molecular weight excluding hydrogens is 404 g/mol. The van der Waals surface area contributed by atoms with Gasteiger partial charge in [0.1, 0.15) is 12.2 Å². The van der Waals surface area contributed by atoms with Gasteiger partial charge in [-0.1, -0.05) is 50.5 Å². The van der Waals surface area contributed by atoms with Gasteiger partial charge in [0.25, 0.3) is 0 Å². The SMILES string of the molecule is CCc1ccc(CN2CCC3(C2)Cn2c(nn(CC4CCCCC4)c(=O)c2=O)CO3)cc1. The van der Waals surface area contributed by atoms with E-state index >= 15 is 0 Å². The van der Waals surface area contributed by atoms with Gasteiger partial charge < -0.3 is 4.74 Å². The molecule has 0 amide bonds. The van der Waals surface area contributed by atoms with E-state index in [4.69, 9.17) is 4.74 Å². The van der Waals surface area contributed by atoms with Gasteiger partial charge in [-0.2, -0.15) is 5.10 Å². The molecule has 1 atom stereocenters. The Morgan fingerprint density at radius 2 is 1.78 bits per heavy atom. The van der Waals surface area contributed by atoms with E-state index in [1.807, 2.05) is 0 Å². The molecule has 2 aromatic rings. The summed E-state index contributed by atoms with van der Waals surface area (Å²) >= 11 is 0. The topological polar surface area (TPSA) is 69.4 Å². The minimum absolute atomic E-state index is 0.291. The third-order valence-corrected chi connectivity index (χ3v) is 7.55. The van der Waals surface area contributed by atoms with Crippen molar-refractivity contribution in [2.75, 3.05) is 13.1 Å². The smallest absolute Gasteiger partial charge is 0.332 e. The first-order valence-corrected chi connectivity index (χ1v) is 12.2. The molecule has 1 aromatic heterocycles. The van der Waals surface area contributed by atoms with Crippen molar-refractivity contribution in [3.8, 4) is 0 Å². The number of benzene rings is 1. The van der Waals surface area contributed by atoms with Crippen LogP contribution in [0.5, 0.6) is 0 Å². The third kappa shape index (κ3) is 4.33. The summed E-state index contributed by atoms with van der Waals surface area (Å²) in [6.45, 7) is 5.98. The Morgan fingerprint density at radius 1 is 1.03 bits per heavy atom. The van der Waals surface area contributed by atoms with Crippen LogP contribution in [0.15, 0.2) is 33.9 Å². The highest BCUT2D eigenvalue weighted by Crippen LogP contribution is 2.32. The van der Waals surface area contributed by atoms with Gasteiger partial charge in [0, 0.05) is 26.2 Å². The highest BCUT2D eigenvalue weighted by Gasteiger charge is 2.43. The number of aryl methyl sites for hydroxylation is 1. The van der Waals surface area contributed by atoms with Crippen molar-refractivity contribution in [1.82, 2.24) is 19.2 Å². The zero-order valence-electron chi connectivity index (χ0n) is 19.1. The van der Waals surface area contributed by atoms with E-state index in [9.17, 15) is 9.59 Å². The van der Waals surface area contributed by atoms with Crippen LogP contribution in [0.2, 0.25) is 0 Å². The van der Waals surface area contributed by atoms with E-state index in [-0.39, 0.29) is 0 Å². The fourth-order valence-electron chi connectivity index (χ4n) is 5.59. The van der Waals surface area contributed by atoms with E-state index in [0.717, 1.165) is 45.3 Å². The molecule has 172 valence electrons. The molecule has 1 spiro atoms. The number of likely N-dealkylation sites (tertiary alicyclic amines) is 1.